The molecule has 1 atom stereocenters. The Morgan fingerprint density at radius 2 is 1.85 bits per heavy atom. The van der Waals surface area contributed by atoms with Crippen molar-refractivity contribution in [2.24, 2.45) is 0 Å². The molecule has 2 rings (SSSR count). The van der Waals surface area contributed by atoms with Gasteiger partial charge in [-0.15, -0.1) is 0 Å². The highest BCUT2D eigenvalue weighted by Gasteiger charge is 2.11. The summed E-state index contributed by atoms with van der Waals surface area (Å²) >= 11 is 0. The van der Waals surface area contributed by atoms with E-state index in [1.807, 2.05) is 38.1 Å². The van der Waals surface area contributed by atoms with E-state index < -0.39 is 6.10 Å². The molecule has 0 aliphatic rings. The highest BCUT2D eigenvalue weighted by atomic mass is 19.1. The first kappa shape index (κ1) is 14.5. The molecule has 2 nitrogen and oxygen atoms in total. The Kier molecular flexibility index (Phi) is 4.74. The molecule has 1 unspecified atom stereocenters. The Morgan fingerprint density at radius 3 is 2.50 bits per heavy atom. The van der Waals surface area contributed by atoms with Gasteiger partial charge in [-0.2, -0.15) is 0 Å². The lowest BCUT2D eigenvalue weighted by Crippen LogP contribution is -2.04. The number of halogens is 1. The van der Waals surface area contributed by atoms with Gasteiger partial charge in [0.1, 0.15) is 11.6 Å². The maximum Gasteiger partial charge on any atom is 0.123 e. The van der Waals surface area contributed by atoms with Gasteiger partial charge in [0.2, 0.25) is 0 Å². The Morgan fingerprint density at radius 1 is 1.15 bits per heavy atom. The number of rotatable bonds is 5. The van der Waals surface area contributed by atoms with E-state index in [-0.39, 0.29) is 5.82 Å². The van der Waals surface area contributed by atoms with Gasteiger partial charge in [-0.3, -0.25) is 0 Å². The van der Waals surface area contributed by atoms with Crippen LogP contribution in [0.2, 0.25) is 0 Å². The highest BCUT2D eigenvalue weighted by molar-refractivity contribution is 5.32. The maximum atomic E-state index is 13.2. The zero-order chi connectivity index (χ0) is 14.5. The Hall–Kier alpha value is -1.87. The van der Waals surface area contributed by atoms with Crippen LogP contribution in [0.1, 0.15) is 29.7 Å². The first-order valence-corrected chi connectivity index (χ1v) is 6.76. The first-order chi connectivity index (χ1) is 9.60. The minimum atomic E-state index is -0.647. The van der Waals surface area contributed by atoms with E-state index in [1.54, 1.807) is 6.07 Å². The third-order valence-electron chi connectivity index (χ3n) is 3.30. The van der Waals surface area contributed by atoms with Crippen molar-refractivity contribution in [2.75, 3.05) is 6.61 Å². The Labute approximate surface area is 118 Å². The van der Waals surface area contributed by atoms with E-state index in [9.17, 15) is 9.50 Å². The number of aliphatic hydroxyl groups excluding tert-OH is 1. The zero-order valence-corrected chi connectivity index (χ0v) is 11.8. The summed E-state index contributed by atoms with van der Waals surface area (Å²) < 4.78 is 18.6. The maximum absolute atomic E-state index is 13.2. The van der Waals surface area contributed by atoms with Crippen LogP contribution >= 0.6 is 0 Å². The van der Waals surface area contributed by atoms with E-state index in [4.69, 9.17) is 4.74 Å². The van der Waals surface area contributed by atoms with Gasteiger partial charge in [0, 0.05) is 6.42 Å². The summed E-state index contributed by atoms with van der Waals surface area (Å²) in [5.74, 6) is 0.509. The van der Waals surface area contributed by atoms with Crippen molar-refractivity contribution in [1.29, 1.82) is 0 Å². The molecular formula is C17H19FO2. The van der Waals surface area contributed by atoms with E-state index >= 15 is 0 Å². The van der Waals surface area contributed by atoms with Crippen LogP contribution in [-0.4, -0.2) is 11.7 Å². The lowest BCUT2D eigenvalue weighted by atomic mass is 9.98. The second kappa shape index (κ2) is 6.53. The smallest absolute Gasteiger partial charge is 0.123 e. The predicted molar refractivity (Wildman–Crippen MR) is 77.4 cm³/mol. The molecule has 0 aromatic heterocycles. The molecule has 0 heterocycles. The molecule has 106 valence electrons. The molecule has 0 saturated heterocycles. The SMILES string of the molecule is CCOc1ccc(C(O)Cc2cc(F)ccc2C)cc1. The molecule has 20 heavy (non-hydrogen) atoms. The number of aliphatic hydroxyl groups is 1. The normalized spacial score (nSPS) is 12.2. The van der Waals surface area contributed by atoms with Crippen LogP contribution < -0.4 is 4.74 Å². The largest absolute Gasteiger partial charge is 0.494 e. The summed E-state index contributed by atoms with van der Waals surface area (Å²) in [5.41, 5.74) is 2.61. The van der Waals surface area contributed by atoms with Gasteiger partial charge < -0.3 is 9.84 Å². The molecular weight excluding hydrogens is 255 g/mol. The van der Waals surface area contributed by atoms with Crippen LogP contribution in [0.25, 0.3) is 0 Å². The van der Waals surface area contributed by atoms with E-state index in [1.165, 1.54) is 12.1 Å². The van der Waals surface area contributed by atoms with Crippen molar-refractivity contribution in [3.63, 3.8) is 0 Å². The van der Waals surface area contributed by atoms with Gasteiger partial charge in [0.05, 0.1) is 12.7 Å². The molecule has 0 spiro atoms. The predicted octanol–water partition coefficient (Wildman–Crippen LogP) is 3.81. The van der Waals surface area contributed by atoms with Crippen molar-refractivity contribution in [3.05, 3.63) is 65.0 Å². The van der Waals surface area contributed by atoms with E-state index in [0.717, 1.165) is 22.4 Å². The number of aryl methyl sites for hydroxylation is 1. The Bertz CT molecular complexity index is 564. The standard InChI is InChI=1S/C17H19FO2/c1-3-20-16-8-5-13(6-9-16)17(19)11-14-10-15(18)7-4-12(14)2/h4-10,17,19H,3,11H2,1-2H3. The highest BCUT2D eigenvalue weighted by Crippen LogP contribution is 2.23. The summed E-state index contributed by atoms with van der Waals surface area (Å²) in [5, 5.41) is 10.2. The molecule has 2 aromatic carbocycles. The second-order valence-electron chi connectivity index (χ2n) is 4.79. The minimum Gasteiger partial charge on any atom is -0.494 e. The van der Waals surface area contributed by atoms with Crippen molar-refractivity contribution >= 4 is 0 Å². The van der Waals surface area contributed by atoms with Gasteiger partial charge in [0.15, 0.2) is 0 Å². The lowest BCUT2D eigenvalue weighted by Gasteiger charge is -2.13. The van der Waals surface area contributed by atoms with Crippen LogP contribution in [0.3, 0.4) is 0 Å². The van der Waals surface area contributed by atoms with Crippen LogP contribution in [0.4, 0.5) is 4.39 Å². The van der Waals surface area contributed by atoms with Crippen molar-refractivity contribution < 1.29 is 14.2 Å². The molecule has 2 aromatic rings. The average molecular weight is 274 g/mol. The summed E-state index contributed by atoms with van der Waals surface area (Å²) in [6.07, 6.45) is -0.247. The van der Waals surface area contributed by atoms with E-state index in [2.05, 4.69) is 0 Å². The monoisotopic (exact) mass is 274 g/mol. The van der Waals surface area contributed by atoms with Crippen LogP contribution in [0.5, 0.6) is 5.75 Å². The summed E-state index contributed by atoms with van der Waals surface area (Å²) in [6, 6.07) is 12.0. The van der Waals surface area contributed by atoms with Crippen LogP contribution in [-0.2, 0) is 6.42 Å². The van der Waals surface area contributed by atoms with Crippen molar-refractivity contribution in [2.45, 2.75) is 26.4 Å². The van der Waals surface area contributed by atoms with Gasteiger partial charge in [-0.1, -0.05) is 18.2 Å². The van der Waals surface area contributed by atoms with Crippen molar-refractivity contribution in [1.82, 2.24) is 0 Å². The Balaban J connectivity index is 2.11. The van der Waals surface area contributed by atoms with Gasteiger partial charge in [-0.05, 0) is 54.8 Å². The quantitative estimate of drug-likeness (QED) is 0.898. The van der Waals surface area contributed by atoms with Crippen LogP contribution in [0, 0.1) is 12.7 Å². The number of hydrogen-bond acceptors (Lipinski definition) is 2. The summed E-state index contributed by atoms with van der Waals surface area (Å²) in [7, 11) is 0. The second-order valence-corrected chi connectivity index (χ2v) is 4.79. The molecule has 0 aliphatic heterocycles. The fraction of sp³-hybridized carbons (Fsp3) is 0.294. The number of benzene rings is 2. The summed E-state index contributed by atoms with van der Waals surface area (Å²) in [6.45, 7) is 4.46. The number of ether oxygens (including phenoxy) is 1. The third-order valence-corrected chi connectivity index (χ3v) is 3.30. The fourth-order valence-electron chi connectivity index (χ4n) is 2.14. The molecule has 0 radical (unpaired) electrons. The molecule has 0 amide bonds. The fourth-order valence-corrected chi connectivity index (χ4v) is 2.14. The van der Waals surface area contributed by atoms with E-state index in [0.29, 0.717) is 13.0 Å². The van der Waals surface area contributed by atoms with Gasteiger partial charge in [0.25, 0.3) is 0 Å². The molecule has 0 bridgehead atoms. The number of hydrogen-bond donors (Lipinski definition) is 1. The molecule has 3 heteroatoms. The lowest BCUT2D eigenvalue weighted by molar-refractivity contribution is 0.178. The van der Waals surface area contributed by atoms with Gasteiger partial charge in [-0.25, -0.2) is 4.39 Å². The average Bonchev–Trinajstić information content (AvgIpc) is 2.44. The first-order valence-electron chi connectivity index (χ1n) is 6.76. The van der Waals surface area contributed by atoms with Crippen LogP contribution in [0.15, 0.2) is 42.5 Å². The topological polar surface area (TPSA) is 29.5 Å². The summed E-state index contributed by atoms with van der Waals surface area (Å²) in [4.78, 5) is 0. The zero-order valence-electron chi connectivity index (χ0n) is 11.8. The van der Waals surface area contributed by atoms with Crippen molar-refractivity contribution in [3.8, 4) is 5.75 Å². The molecule has 0 fully saturated rings. The molecule has 1 N–H and O–H groups in total. The molecule has 0 aliphatic carbocycles. The third kappa shape index (κ3) is 3.58. The molecule has 0 saturated carbocycles. The van der Waals surface area contributed by atoms with Gasteiger partial charge >= 0.3 is 0 Å². The minimum absolute atomic E-state index is 0.274.